The average molecular weight is 219 g/mol. The number of hydrogen-bond acceptors (Lipinski definition) is 2. The molecule has 0 aromatic heterocycles. The highest BCUT2D eigenvalue weighted by molar-refractivity contribution is 5.36. The monoisotopic (exact) mass is 219 g/mol. The Morgan fingerprint density at radius 1 is 1.25 bits per heavy atom. The number of benzene rings is 1. The largest absolute Gasteiger partial charge is 0.379 e. The lowest BCUT2D eigenvalue weighted by Crippen LogP contribution is -2.47. The van der Waals surface area contributed by atoms with Crippen molar-refractivity contribution in [1.29, 1.82) is 0 Å². The normalized spacial score (nSPS) is 18.2. The summed E-state index contributed by atoms with van der Waals surface area (Å²) in [7, 11) is 0. The molecule has 2 rings (SSSR count). The Morgan fingerprint density at radius 3 is 2.50 bits per heavy atom. The Bertz CT molecular complexity index is 369. The van der Waals surface area contributed by atoms with Gasteiger partial charge < -0.3 is 10.5 Å². The summed E-state index contributed by atoms with van der Waals surface area (Å²) >= 11 is 0. The standard InChI is InChI=1S/C14H21NO/c1-11-4-5-13(8-12(11)2)14(6-3-7-15)9-16-10-14/h4-5,8H,3,6-7,9-10,15H2,1-2H3. The molecule has 0 radical (unpaired) electrons. The van der Waals surface area contributed by atoms with Gasteiger partial charge in [0, 0.05) is 5.41 Å². The number of hydrogen-bond donors (Lipinski definition) is 1. The average Bonchev–Trinajstić information content (AvgIpc) is 2.22. The van der Waals surface area contributed by atoms with E-state index in [1.807, 2.05) is 0 Å². The van der Waals surface area contributed by atoms with Gasteiger partial charge in [0.1, 0.15) is 0 Å². The van der Waals surface area contributed by atoms with Crippen LogP contribution in [-0.2, 0) is 10.2 Å². The van der Waals surface area contributed by atoms with Crippen LogP contribution in [0.2, 0.25) is 0 Å². The molecule has 0 atom stereocenters. The molecule has 1 aromatic rings. The van der Waals surface area contributed by atoms with Gasteiger partial charge >= 0.3 is 0 Å². The maximum absolute atomic E-state index is 5.61. The lowest BCUT2D eigenvalue weighted by molar-refractivity contribution is -0.0649. The third kappa shape index (κ3) is 2.00. The van der Waals surface area contributed by atoms with E-state index in [1.54, 1.807) is 0 Å². The number of aryl methyl sites for hydroxylation is 2. The first-order chi connectivity index (χ1) is 7.68. The fourth-order valence-electron chi connectivity index (χ4n) is 2.32. The van der Waals surface area contributed by atoms with Crippen molar-refractivity contribution in [3.8, 4) is 0 Å². The van der Waals surface area contributed by atoms with E-state index >= 15 is 0 Å². The van der Waals surface area contributed by atoms with Crippen molar-refractivity contribution < 1.29 is 4.74 Å². The molecule has 0 saturated carbocycles. The van der Waals surface area contributed by atoms with Crippen LogP contribution in [0.4, 0.5) is 0 Å². The maximum atomic E-state index is 5.61. The molecule has 1 aliphatic heterocycles. The molecule has 2 heteroatoms. The fourth-order valence-corrected chi connectivity index (χ4v) is 2.32. The van der Waals surface area contributed by atoms with E-state index in [-0.39, 0.29) is 5.41 Å². The second kappa shape index (κ2) is 4.56. The number of nitrogens with two attached hydrogens (primary N) is 1. The Hall–Kier alpha value is -0.860. The van der Waals surface area contributed by atoms with E-state index < -0.39 is 0 Å². The highest BCUT2D eigenvalue weighted by Crippen LogP contribution is 2.37. The number of ether oxygens (including phenoxy) is 1. The molecule has 1 aliphatic rings. The summed E-state index contributed by atoms with van der Waals surface area (Å²) in [6.45, 7) is 6.82. The fraction of sp³-hybridized carbons (Fsp3) is 0.571. The third-order valence-corrected chi connectivity index (χ3v) is 3.74. The molecule has 0 unspecified atom stereocenters. The highest BCUT2D eigenvalue weighted by atomic mass is 16.5. The third-order valence-electron chi connectivity index (χ3n) is 3.74. The van der Waals surface area contributed by atoms with Gasteiger partial charge in [-0.25, -0.2) is 0 Å². The van der Waals surface area contributed by atoms with Crippen molar-refractivity contribution in [2.45, 2.75) is 32.1 Å². The molecule has 1 heterocycles. The van der Waals surface area contributed by atoms with Crippen LogP contribution in [0.3, 0.4) is 0 Å². The molecular weight excluding hydrogens is 198 g/mol. The zero-order valence-corrected chi connectivity index (χ0v) is 10.3. The summed E-state index contributed by atoms with van der Waals surface area (Å²) in [6, 6.07) is 6.78. The van der Waals surface area contributed by atoms with E-state index in [0.29, 0.717) is 0 Å². The van der Waals surface area contributed by atoms with Gasteiger partial charge in [0.05, 0.1) is 13.2 Å². The van der Waals surface area contributed by atoms with Crippen LogP contribution >= 0.6 is 0 Å². The van der Waals surface area contributed by atoms with Crippen LogP contribution < -0.4 is 5.73 Å². The molecular formula is C14H21NO. The van der Waals surface area contributed by atoms with Gasteiger partial charge in [-0.05, 0) is 49.9 Å². The van der Waals surface area contributed by atoms with Crippen molar-refractivity contribution in [1.82, 2.24) is 0 Å². The lowest BCUT2D eigenvalue weighted by atomic mass is 9.74. The summed E-state index contributed by atoms with van der Waals surface area (Å²) in [5, 5.41) is 0. The molecule has 2 nitrogen and oxygen atoms in total. The van der Waals surface area contributed by atoms with Crippen LogP contribution in [0.5, 0.6) is 0 Å². The van der Waals surface area contributed by atoms with Gasteiger partial charge in [0.15, 0.2) is 0 Å². The molecule has 0 spiro atoms. The van der Waals surface area contributed by atoms with Crippen molar-refractivity contribution in [3.05, 3.63) is 34.9 Å². The second-order valence-electron chi connectivity index (χ2n) is 4.96. The molecule has 1 aromatic carbocycles. The van der Waals surface area contributed by atoms with E-state index in [9.17, 15) is 0 Å². The van der Waals surface area contributed by atoms with Gasteiger partial charge in [-0.3, -0.25) is 0 Å². The Labute approximate surface area is 97.8 Å². The molecule has 0 amide bonds. The zero-order chi connectivity index (χ0) is 11.6. The predicted molar refractivity (Wildman–Crippen MR) is 66.7 cm³/mol. The van der Waals surface area contributed by atoms with Crippen LogP contribution in [0, 0.1) is 13.8 Å². The number of rotatable bonds is 4. The SMILES string of the molecule is Cc1ccc(C2(CCCN)COC2)cc1C. The first kappa shape index (κ1) is 11.6. The van der Waals surface area contributed by atoms with Crippen molar-refractivity contribution in [2.75, 3.05) is 19.8 Å². The van der Waals surface area contributed by atoms with E-state index in [2.05, 4.69) is 32.0 Å². The summed E-state index contributed by atoms with van der Waals surface area (Å²) in [5.74, 6) is 0. The minimum atomic E-state index is 0.248. The Morgan fingerprint density at radius 2 is 2.00 bits per heavy atom. The second-order valence-corrected chi connectivity index (χ2v) is 4.96. The maximum Gasteiger partial charge on any atom is 0.0585 e. The first-order valence-corrected chi connectivity index (χ1v) is 6.03. The topological polar surface area (TPSA) is 35.2 Å². The molecule has 16 heavy (non-hydrogen) atoms. The van der Waals surface area contributed by atoms with Crippen molar-refractivity contribution in [2.24, 2.45) is 5.73 Å². The van der Waals surface area contributed by atoms with E-state index in [4.69, 9.17) is 10.5 Å². The Kier molecular flexibility index (Phi) is 3.31. The zero-order valence-electron chi connectivity index (χ0n) is 10.3. The summed E-state index contributed by atoms with van der Waals surface area (Å²) < 4.78 is 5.42. The van der Waals surface area contributed by atoms with Gasteiger partial charge in [0.2, 0.25) is 0 Å². The molecule has 0 bridgehead atoms. The van der Waals surface area contributed by atoms with E-state index in [1.165, 1.54) is 16.7 Å². The molecule has 1 fully saturated rings. The molecule has 88 valence electrons. The van der Waals surface area contributed by atoms with Gasteiger partial charge in [-0.1, -0.05) is 18.2 Å². The smallest absolute Gasteiger partial charge is 0.0585 e. The van der Waals surface area contributed by atoms with Gasteiger partial charge in [0.25, 0.3) is 0 Å². The lowest BCUT2D eigenvalue weighted by Gasteiger charge is -2.42. The Balaban J connectivity index is 2.22. The van der Waals surface area contributed by atoms with Gasteiger partial charge in [-0.15, -0.1) is 0 Å². The summed E-state index contributed by atoms with van der Waals surface area (Å²) in [6.07, 6.45) is 2.22. The van der Waals surface area contributed by atoms with Crippen LogP contribution in [0.15, 0.2) is 18.2 Å². The molecule has 2 N–H and O–H groups in total. The summed E-state index contributed by atoms with van der Waals surface area (Å²) in [5.41, 5.74) is 10.0. The van der Waals surface area contributed by atoms with E-state index in [0.717, 1.165) is 32.6 Å². The van der Waals surface area contributed by atoms with Crippen molar-refractivity contribution >= 4 is 0 Å². The minimum absolute atomic E-state index is 0.248. The predicted octanol–water partition coefficient (Wildman–Crippen LogP) is 2.31. The quantitative estimate of drug-likeness (QED) is 0.843. The summed E-state index contributed by atoms with van der Waals surface area (Å²) in [4.78, 5) is 0. The van der Waals surface area contributed by atoms with Crippen LogP contribution in [0.1, 0.15) is 29.5 Å². The van der Waals surface area contributed by atoms with Crippen LogP contribution in [0.25, 0.3) is 0 Å². The molecule has 0 aliphatic carbocycles. The minimum Gasteiger partial charge on any atom is -0.379 e. The van der Waals surface area contributed by atoms with Crippen molar-refractivity contribution in [3.63, 3.8) is 0 Å². The van der Waals surface area contributed by atoms with Crippen LogP contribution in [-0.4, -0.2) is 19.8 Å². The highest BCUT2D eigenvalue weighted by Gasteiger charge is 2.39. The molecule has 1 saturated heterocycles. The first-order valence-electron chi connectivity index (χ1n) is 6.03. The van der Waals surface area contributed by atoms with Gasteiger partial charge in [-0.2, -0.15) is 0 Å².